The topological polar surface area (TPSA) is 101 Å². The van der Waals surface area contributed by atoms with E-state index in [1.54, 1.807) is 12.1 Å². The Balaban J connectivity index is 2.86. The van der Waals surface area contributed by atoms with Crippen molar-refractivity contribution in [2.24, 2.45) is 5.11 Å². The smallest absolute Gasteiger partial charge is 0.220 e. The maximum Gasteiger partial charge on any atom is 0.220 e. The zero-order valence-corrected chi connectivity index (χ0v) is 7.12. The Morgan fingerprint density at radius 2 is 2.07 bits per heavy atom. The van der Waals surface area contributed by atoms with E-state index in [0.717, 1.165) is 0 Å². The van der Waals surface area contributed by atoms with Crippen LogP contribution in [0.25, 0.3) is 21.3 Å². The van der Waals surface area contributed by atoms with Crippen LogP contribution in [0, 0.1) is 0 Å². The normalized spacial score (nSPS) is 9.71. The Morgan fingerprint density at radius 3 is 2.86 bits per heavy atom. The van der Waals surface area contributed by atoms with E-state index in [0.29, 0.717) is 10.9 Å². The summed E-state index contributed by atoms with van der Waals surface area (Å²) in [5, 5.41) is 4.14. The lowest BCUT2D eigenvalue weighted by Crippen LogP contribution is -1.94. The van der Waals surface area contributed by atoms with Gasteiger partial charge in [-0.2, -0.15) is 0 Å². The number of nitrogens with zero attached hydrogens (tertiary/aromatic N) is 5. The highest BCUT2D eigenvalue weighted by atomic mass is 15.2. The van der Waals surface area contributed by atoms with Gasteiger partial charge >= 0.3 is 0 Å². The molecular formula is C8H6N6. The number of anilines is 1. The Kier molecular flexibility index (Phi) is 1.89. The van der Waals surface area contributed by atoms with Crippen molar-refractivity contribution in [1.82, 2.24) is 9.97 Å². The molecule has 1 aromatic heterocycles. The summed E-state index contributed by atoms with van der Waals surface area (Å²) >= 11 is 0. The molecule has 6 heteroatoms. The summed E-state index contributed by atoms with van der Waals surface area (Å²) in [6, 6.07) is 7.20. The fourth-order valence-corrected chi connectivity index (χ4v) is 1.20. The minimum atomic E-state index is 0.103. The second-order valence-electron chi connectivity index (χ2n) is 2.61. The first-order valence-electron chi connectivity index (χ1n) is 3.88. The highest BCUT2D eigenvalue weighted by molar-refractivity contribution is 5.88. The molecule has 1 aromatic carbocycles. The molecule has 0 amide bonds. The largest absolute Gasteiger partial charge is 0.368 e. The lowest BCUT2D eigenvalue weighted by molar-refractivity contribution is 1.21. The SMILES string of the molecule is [N-]=[N+]=Nc1nc(N)nc2ccccc12. The Hall–Kier alpha value is -2.33. The molecule has 0 bridgehead atoms. The molecule has 0 radical (unpaired) electrons. The van der Waals surface area contributed by atoms with Gasteiger partial charge in [0.25, 0.3) is 0 Å². The number of fused-ring (bicyclic) bond motifs is 1. The number of nitrogen functional groups attached to an aromatic ring is 1. The number of azide groups is 1. The van der Waals surface area contributed by atoms with Gasteiger partial charge in [-0.05, 0) is 16.7 Å². The average Bonchev–Trinajstić information content (AvgIpc) is 2.18. The summed E-state index contributed by atoms with van der Waals surface area (Å²) in [5.74, 6) is 0.363. The first kappa shape index (κ1) is 8.28. The van der Waals surface area contributed by atoms with Crippen LogP contribution in [0.1, 0.15) is 0 Å². The number of hydrogen-bond acceptors (Lipinski definition) is 4. The molecule has 0 saturated carbocycles. The number of aromatic nitrogens is 2. The van der Waals surface area contributed by atoms with Crippen LogP contribution in [-0.4, -0.2) is 9.97 Å². The van der Waals surface area contributed by atoms with Gasteiger partial charge in [-0.1, -0.05) is 18.2 Å². The number of hydrogen-bond donors (Lipinski definition) is 1. The molecule has 1 heterocycles. The predicted octanol–water partition coefficient (Wildman–Crippen LogP) is 2.15. The number of para-hydroxylation sites is 1. The van der Waals surface area contributed by atoms with Gasteiger partial charge in [0.2, 0.25) is 5.95 Å². The van der Waals surface area contributed by atoms with Crippen molar-refractivity contribution in [2.75, 3.05) is 5.73 Å². The van der Waals surface area contributed by atoms with Crippen LogP contribution in [0.2, 0.25) is 0 Å². The number of rotatable bonds is 1. The minimum Gasteiger partial charge on any atom is -0.368 e. The Morgan fingerprint density at radius 1 is 1.29 bits per heavy atom. The van der Waals surface area contributed by atoms with Crippen molar-refractivity contribution in [3.05, 3.63) is 34.7 Å². The molecule has 0 spiro atoms. The first-order valence-corrected chi connectivity index (χ1v) is 3.88. The van der Waals surface area contributed by atoms with E-state index in [-0.39, 0.29) is 11.8 Å². The molecule has 0 aliphatic carbocycles. The third-order valence-corrected chi connectivity index (χ3v) is 1.74. The highest BCUT2D eigenvalue weighted by Gasteiger charge is 2.02. The van der Waals surface area contributed by atoms with E-state index in [1.165, 1.54) is 0 Å². The molecule has 0 aliphatic heterocycles. The van der Waals surface area contributed by atoms with Crippen LogP contribution in [0.4, 0.5) is 11.8 Å². The van der Waals surface area contributed by atoms with Gasteiger partial charge in [-0.3, -0.25) is 0 Å². The molecular weight excluding hydrogens is 180 g/mol. The van der Waals surface area contributed by atoms with Crippen molar-refractivity contribution >= 4 is 22.7 Å². The van der Waals surface area contributed by atoms with Crippen LogP contribution in [0.5, 0.6) is 0 Å². The Bertz CT molecular complexity index is 528. The molecule has 68 valence electrons. The predicted molar refractivity (Wildman–Crippen MR) is 52.8 cm³/mol. The summed E-state index contributed by atoms with van der Waals surface area (Å²) in [6.07, 6.45) is 0. The number of benzene rings is 1. The summed E-state index contributed by atoms with van der Waals surface area (Å²) in [5.41, 5.74) is 14.4. The summed E-state index contributed by atoms with van der Waals surface area (Å²) in [7, 11) is 0. The van der Waals surface area contributed by atoms with Gasteiger partial charge in [0, 0.05) is 10.3 Å². The van der Waals surface area contributed by atoms with Crippen LogP contribution >= 0.6 is 0 Å². The third kappa shape index (κ3) is 1.30. The molecule has 2 aromatic rings. The van der Waals surface area contributed by atoms with Gasteiger partial charge < -0.3 is 5.73 Å². The second-order valence-corrected chi connectivity index (χ2v) is 2.61. The van der Waals surface area contributed by atoms with E-state index in [4.69, 9.17) is 11.3 Å². The molecule has 6 nitrogen and oxygen atoms in total. The van der Waals surface area contributed by atoms with Gasteiger partial charge in [0.1, 0.15) is 5.82 Å². The molecule has 0 unspecified atom stereocenters. The molecule has 14 heavy (non-hydrogen) atoms. The maximum atomic E-state index is 8.33. The summed E-state index contributed by atoms with van der Waals surface area (Å²) in [6.45, 7) is 0. The van der Waals surface area contributed by atoms with E-state index in [9.17, 15) is 0 Å². The minimum absolute atomic E-state index is 0.103. The molecule has 0 atom stereocenters. The van der Waals surface area contributed by atoms with E-state index in [1.807, 2.05) is 12.1 Å². The van der Waals surface area contributed by atoms with Crippen LogP contribution in [0.3, 0.4) is 0 Å². The molecule has 2 N–H and O–H groups in total. The molecule has 0 saturated heterocycles. The lowest BCUT2D eigenvalue weighted by atomic mass is 10.2. The molecule has 0 fully saturated rings. The van der Waals surface area contributed by atoms with Crippen molar-refractivity contribution < 1.29 is 0 Å². The zero-order chi connectivity index (χ0) is 9.97. The maximum absolute atomic E-state index is 8.33. The number of nitrogens with two attached hydrogens (primary N) is 1. The van der Waals surface area contributed by atoms with Crippen LogP contribution in [0.15, 0.2) is 29.4 Å². The van der Waals surface area contributed by atoms with Gasteiger partial charge in [-0.25, -0.2) is 9.97 Å². The second kappa shape index (κ2) is 3.20. The zero-order valence-electron chi connectivity index (χ0n) is 7.12. The lowest BCUT2D eigenvalue weighted by Gasteiger charge is -2.00. The van der Waals surface area contributed by atoms with Gasteiger partial charge in [0.15, 0.2) is 0 Å². The summed E-state index contributed by atoms with van der Waals surface area (Å²) in [4.78, 5) is 10.5. The molecule has 0 aliphatic rings. The van der Waals surface area contributed by atoms with E-state index < -0.39 is 0 Å². The summed E-state index contributed by atoms with van der Waals surface area (Å²) < 4.78 is 0. The van der Waals surface area contributed by atoms with Crippen LogP contribution < -0.4 is 5.73 Å². The highest BCUT2D eigenvalue weighted by Crippen LogP contribution is 2.22. The van der Waals surface area contributed by atoms with E-state index >= 15 is 0 Å². The van der Waals surface area contributed by atoms with Gasteiger partial charge in [0.05, 0.1) is 5.52 Å². The Labute approximate surface area is 79.0 Å². The molecule has 2 rings (SSSR count). The van der Waals surface area contributed by atoms with Gasteiger partial charge in [-0.15, -0.1) is 0 Å². The quantitative estimate of drug-likeness (QED) is 0.419. The fraction of sp³-hybridized carbons (Fsp3) is 0. The average molecular weight is 186 g/mol. The van der Waals surface area contributed by atoms with Crippen LogP contribution in [-0.2, 0) is 0 Å². The van der Waals surface area contributed by atoms with Crippen molar-refractivity contribution in [2.45, 2.75) is 0 Å². The monoisotopic (exact) mass is 186 g/mol. The van der Waals surface area contributed by atoms with Crippen molar-refractivity contribution in [1.29, 1.82) is 0 Å². The van der Waals surface area contributed by atoms with Crippen molar-refractivity contribution in [3.63, 3.8) is 0 Å². The third-order valence-electron chi connectivity index (χ3n) is 1.74. The first-order chi connectivity index (χ1) is 6.81. The van der Waals surface area contributed by atoms with Crippen molar-refractivity contribution in [3.8, 4) is 0 Å². The standard InChI is InChI=1S/C8H6N6/c9-8-11-6-4-2-1-3-5(6)7(12-8)13-14-10/h1-4H,(H2,9,11,12). The van der Waals surface area contributed by atoms with E-state index in [2.05, 4.69) is 20.0 Å². The fourth-order valence-electron chi connectivity index (χ4n) is 1.20.